The summed E-state index contributed by atoms with van der Waals surface area (Å²) in [5, 5.41) is 0.734. The Hall–Kier alpha value is -1.85. The maximum atomic E-state index is 12.8. The van der Waals surface area contributed by atoms with Gasteiger partial charge in [0.2, 0.25) is 0 Å². The second-order valence-corrected chi connectivity index (χ2v) is 8.53. The number of pyridine rings is 2. The van der Waals surface area contributed by atoms with Crippen molar-refractivity contribution in [3.63, 3.8) is 0 Å². The van der Waals surface area contributed by atoms with Crippen LogP contribution >= 0.6 is 23.2 Å². The third kappa shape index (κ3) is 2.63. The fraction of sp³-hybridized carbons (Fsp3) is 0.450. The number of methoxy groups -OCH3 is 1. The zero-order valence-electron chi connectivity index (χ0n) is 14.7. The molecule has 0 spiro atoms. The summed E-state index contributed by atoms with van der Waals surface area (Å²) in [5.41, 5.74) is 0.821. The third-order valence-corrected chi connectivity index (χ3v) is 6.99. The number of ketones is 1. The van der Waals surface area contributed by atoms with E-state index in [0.29, 0.717) is 44.6 Å². The summed E-state index contributed by atoms with van der Waals surface area (Å²) in [5.74, 6) is 3.08. The number of aromatic nitrogens is 2. The van der Waals surface area contributed by atoms with Crippen LogP contribution in [0.5, 0.6) is 11.5 Å². The number of ether oxygens (including phenoxy) is 2. The predicted molar refractivity (Wildman–Crippen MR) is 101 cm³/mol. The molecule has 0 saturated heterocycles. The number of halogens is 2. The molecule has 7 heteroatoms. The molecule has 2 unspecified atom stereocenters. The van der Waals surface area contributed by atoms with E-state index < -0.39 is 0 Å². The second kappa shape index (κ2) is 6.08. The molecule has 2 aromatic heterocycles. The van der Waals surface area contributed by atoms with E-state index in [0.717, 1.165) is 12.3 Å². The van der Waals surface area contributed by atoms with Crippen LogP contribution in [0.15, 0.2) is 24.7 Å². The van der Waals surface area contributed by atoms with Crippen molar-refractivity contribution in [2.75, 3.05) is 7.11 Å². The lowest BCUT2D eigenvalue weighted by Gasteiger charge is -2.18. The molecular formula is C20H18Cl2N2O3. The van der Waals surface area contributed by atoms with Crippen molar-refractivity contribution in [3.8, 4) is 11.5 Å². The van der Waals surface area contributed by atoms with Crippen molar-refractivity contribution in [2.45, 2.75) is 31.3 Å². The zero-order chi connectivity index (χ0) is 18.8. The lowest BCUT2D eigenvalue weighted by atomic mass is 10.1. The van der Waals surface area contributed by atoms with Crippen molar-refractivity contribution in [1.29, 1.82) is 0 Å². The van der Waals surface area contributed by atoms with Gasteiger partial charge >= 0.3 is 0 Å². The van der Waals surface area contributed by atoms with Gasteiger partial charge in [0, 0.05) is 42.3 Å². The van der Waals surface area contributed by atoms with E-state index in [1.54, 1.807) is 19.4 Å². The minimum absolute atomic E-state index is 0.0443. The number of Topliss-reactive ketones (excluding diaryl/α,β-unsaturated/α-hetero) is 1. The van der Waals surface area contributed by atoms with Crippen molar-refractivity contribution in [3.05, 3.63) is 46.0 Å². The topological polar surface area (TPSA) is 61.3 Å². The van der Waals surface area contributed by atoms with E-state index in [2.05, 4.69) is 9.97 Å². The monoisotopic (exact) mass is 404 g/mol. The summed E-state index contributed by atoms with van der Waals surface area (Å²) in [6.45, 7) is 0. The highest BCUT2D eigenvalue weighted by Crippen LogP contribution is 2.74. The molecule has 0 radical (unpaired) electrons. The van der Waals surface area contributed by atoms with Crippen LogP contribution in [-0.4, -0.2) is 28.5 Å². The summed E-state index contributed by atoms with van der Waals surface area (Å²) in [4.78, 5) is 20.9. The molecule has 6 rings (SSSR count). The maximum absolute atomic E-state index is 12.8. The molecule has 2 aromatic rings. The Kier molecular flexibility index (Phi) is 3.89. The van der Waals surface area contributed by atoms with Crippen LogP contribution in [0.4, 0.5) is 0 Å². The largest absolute Gasteiger partial charge is 0.491 e. The summed E-state index contributed by atoms with van der Waals surface area (Å²) >= 11 is 12.3. The SMILES string of the molecule is COc1cnc(C(=O)Cc2c(Cl)cncc2Cl)cc1OC12CC3CC1C2C3. The first-order chi connectivity index (χ1) is 13.0. The lowest BCUT2D eigenvalue weighted by molar-refractivity contribution is 0.0986. The molecule has 4 saturated carbocycles. The highest BCUT2D eigenvalue weighted by molar-refractivity contribution is 6.36. The number of carbonyl (C=O) groups excluding carboxylic acids is 1. The Balaban J connectivity index is 1.41. The smallest absolute Gasteiger partial charge is 0.185 e. The molecule has 4 bridgehead atoms. The van der Waals surface area contributed by atoms with Gasteiger partial charge in [0.25, 0.3) is 0 Å². The third-order valence-electron chi connectivity index (χ3n) is 6.34. The standard InChI is InChI=1S/C20H18Cl2N2O3/c1-26-19-9-24-16(17(25)4-11-14(21)7-23-8-15(11)22)5-18(19)27-20-6-10-2-12(20)13(20)3-10/h5,7-10,12-13H,2-4,6H2,1H3. The Morgan fingerprint density at radius 1 is 1.19 bits per heavy atom. The minimum atomic E-state index is -0.182. The van der Waals surface area contributed by atoms with Crippen LogP contribution in [0.3, 0.4) is 0 Å². The summed E-state index contributed by atoms with van der Waals surface area (Å²) in [6, 6.07) is 1.68. The molecule has 0 N–H and O–H groups in total. The fourth-order valence-electron chi connectivity index (χ4n) is 5.10. The summed E-state index contributed by atoms with van der Waals surface area (Å²) in [7, 11) is 1.58. The lowest BCUT2D eigenvalue weighted by Crippen LogP contribution is -2.19. The van der Waals surface area contributed by atoms with Gasteiger partial charge in [-0.15, -0.1) is 0 Å². The first-order valence-corrected chi connectivity index (χ1v) is 9.81. The average molecular weight is 405 g/mol. The van der Waals surface area contributed by atoms with Gasteiger partial charge in [0.15, 0.2) is 17.3 Å². The molecule has 4 fully saturated rings. The molecule has 0 aliphatic heterocycles. The highest BCUT2D eigenvalue weighted by Gasteiger charge is 2.77. The fourth-order valence-corrected chi connectivity index (χ4v) is 5.60. The molecule has 140 valence electrons. The van der Waals surface area contributed by atoms with Gasteiger partial charge in [0.1, 0.15) is 11.3 Å². The number of carbonyl (C=O) groups is 1. The van der Waals surface area contributed by atoms with Gasteiger partial charge < -0.3 is 9.47 Å². The minimum Gasteiger partial charge on any atom is -0.491 e. The van der Waals surface area contributed by atoms with Crippen molar-refractivity contribution in [2.24, 2.45) is 17.8 Å². The van der Waals surface area contributed by atoms with Crippen molar-refractivity contribution >= 4 is 29.0 Å². The van der Waals surface area contributed by atoms with E-state index in [-0.39, 0.29) is 17.8 Å². The molecule has 5 nitrogen and oxygen atoms in total. The maximum Gasteiger partial charge on any atom is 0.185 e. The van der Waals surface area contributed by atoms with E-state index in [1.807, 2.05) is 0 Å². The Bertz CT molecular complexity index is 917. The van der Waals surface area contributed by atoms with Gasteiger partial charge in [0.05, 0.1) is 23.4 Å². The molecule has 4 aliphatic rings. The van der Waals surface area contributed by atoms with Gasteiger partial charge in [-0.25, -0.2) is 4.98 Å². The normalized spacial score (nSPS) is 29.7. The van der Waals surface area contributed by atoms with E-state index in [1.165, 1.54) is 25.2 Å². The molecule has 27 heavy (non-hydrogen) atoms. The number of hydrogen-bond donors (Lipinski definition) is 0. The molecular weight excluding hydrogens is 387 g/mol. The molecule has 0 amide bonds. The van der Waals surface area contributed by atoms with Crippen LogP contribution < -0.4 is 9.47 Å². The first kappa shape index (κ1) is 17.3. The van der Waals surface area contributed by atoms with Crippen LogP contribution in [-0.2, 0) is 6.42 Å². The number of nitrogens with zero attached hydrogens (tertiary/aromatic N) is 2. The van der Waals surface area contributed by atoms with Crippen molar-refractivity contribution in [1.82, 2.24) is 9.97 Å². The number of rotatable bonds is 6. The van der Waals surface area contributed by atoms with Gasteiger partial charge in [-0.1, -0.05) is 23.2 Å². The van der Waals surface area contributed by atoms with Crippen LogP contribution in [0.1, 0.15) is 35.3 Å². The average Bonchev–Trinajstić information content (AvgIpc) is 3.09. The molecule has 0 aromatic carbocycles. The van der Waals surface area contributed by atoms with Gasteiger partial charge in [-0.2, -0.15) is 0 Å². The summed E-state index contributed by atoms with van der Waals surface area (Å²) in [6.07, 6.45) is 8.20. The second-order valence-electron chi connectivity index (χ2n) is 7.71. The van der Waals surface area contributed by atoms with Crippen LogP contribution in [0, 0.1) is 17.8 Å². The van der Waals surface area contributed by atoms with E-state index in [4.69, 9.17) is 32.7 Å². The van der Waals surface area contributed by atoms with Crippen LogP contribution in [0.25, 0.3) is 0 Å². The molecule has 4 aliphatic carbocycles. The quantitative estimate of drug-likeness (QED) is 0.667. The molecule has 2 atom stereocenters. The van der Waals surface area contributed by atoms with E-state index in [9.17, 15) is 4.79 Å². The number of hydrogen-bond acceptors (Lipinski definition) is 5. The first-order valence-electron chi connectivity index (χ1n) is 9.06. The molecule has 2 heterocycles. The Morgan fingerprint density at radius 3 is 2.48 bits per heavy atom. The van der Waals surface area contributed by atoms with Crippen LogP contribution in [0.2, 0.25) is 10.0 Å². The summed E-state index contributed by atoms with van der Waals surface area (Å²) < 4.78 is 11.8. The predicted octanol–water partition coefficient (Wildman–Crippen LogP) is 4.39. The Morgan fingerprint density at radius 2 is 1.89 bits per heavy atom. The Labute approximate surface area is 167 Å². The highest BCUT2D eigenvalue weighted by atomic mass is 35.5. The van der Waals surface area contributed by atoms with E-state index >= 15 is 0 Å². The van der Waals surface area contributed by atoms with Gasteiger partial charge in [-0.3, -0.25) is 9.78 Å². The van der Waals surface area contributed by atoms with Crippen molar-refractivity contribution < 1.29 is 14.3 Å². The zero-order valence-corrected chi connectivity index (χ0v) is 16.3. The van der Waals surface area contributed by atoms with Gasteiger partial charge in [-0.05, 0) is 25.2 Å².